The zero-order chi connectivity index (χ0) is 12.3. The molecule has 0 aliphatic carbocycles. The standard InChI is InChI=1S/C14H20N2O/c1-11-6-7-16(10-11)14(17)8-12-4-2-3-5-13(12)9-15/h2-5,11H,6-10,15H2,1H3. The van der Waals surface area contributed by atoms with E-state index in [1.165, 1.54) is 0 Å². The van der Waals surface area contributed by atoms with E-state index in [1.54, 1.807) is 0 Å². The lowest BCUT2D eigenvalue weighted by molar-refractivity contribution is -0.129. The van der Waals surface area contributed by atoms with Crippen LogP contribution in [0.25, 0.3) is 0 Å². The molecule has 1 unspecified atom stereocenters. The lowest BCUT2D eigenvalue weighted by atomic mass is 10.0. The molecule has 1 atom stereocenters. The molecule has 1 saturated heterocycles. The summed E-state index contributed by atoms with van der Waals surface area (Å²) in [5.74, 6) is 0.874. The molecule has 0 radical (unpaired) electrons. The van der Waals surface area contributed by atoms with Gasteiger partial charge in [-0.25, -0.2) is 0 Å². The van der Waals surface area contributed by atoms with Crippen LogP contribution in [0.2, 0.25) is 0 Å². The Bertz CT molecular complexity index is 403. The van der Waals surface area contributed by atoms with E-state index in [2.05, 4.69) is 6.92 Å². The van der Waals surface area contributed by atoms with Crippen molar-refractivity contribution in [3.05, 3.63) is 35.4 Å². The van der Waals surface area contributed by atoms with Crippen molar-refractivity contribution in [1.29, 1.82) is 0 Å². The van der Waals surface area contributed by atoms with Gasteiger partial charge in [0.1, 0.15) is 0 Å². The van der Waals surface area contributed by atoms with E-state index < -0.39 is 0 Å². The van der Waals surface area contributed by atoms with Gasteiger partial charge in [-0.05, 0) is 23.5 Å². The van der Waals surface area contributed by atoms with Gasteiger partial charge < -0.3 is 10.6 Å². The van der Waals surface area contributed by atoms with Gasteiger partial charge in [0.25, 0.3) is 0 Å². The summed E-state index contributed by atoms with van der Waals surface area (Å²) in [5.41, 5.74) is 7.82. The molecule has 1 aliphatic heterocycles. The van der Waals surface area contributed by atoms with E-state index in [-0.39, 0.29) is 5.91 Å². The van der Waals surface area contributed by atoms with Crippen molar-refractivity contribution in [3.63, 3.8) is 0 Å². The fourth-order valence-electron chi connectivity index (χ4n) is 2.37. The second-order valence-corrected chi connectivity index (χ2v) is 4.88. The molecular weight excluding hydrogens is 212 g/mol. The molecular formula is C14H20N2O. The highest BCUT2D eigenvalue weighted by molar-refractivity contribution is 5.79. The van der Waals surface area contributed by atoms with Crippen LogP contribution in [0.15, 0.2) is 24.3 Å². The number of benzene rings is 1. The number of carbonyl (C=O) groups excluding carboxylic acids is 1. The molecule has 0 bridgehead atoms. The number of amides is 1. The van der Waals surface area contributed by atoms with E-state index in [1.807, 2.05) is 29.2 Å². The van der Waals surface area contributed by atoms with Gasteiger partial charge in [-0.3, -0.25) is 4.79 Å². The number of likely N-dealkylation sites (tertiary alicyclic amines) is 1. The molecule has 1 aliphatic rings. The van der Waals surface area contributed by atoms with Crippen LogP contribution in [-0.4, -0.2) is 23.9 Å². The molecule has 3 heteroatoms. The Morgan fingerprint density at radius 1 is 1.41 bits per heavy atom. The van der Waals surface area contributed by atoms with Crippen molar-refractivity contribution >= 4 is 5.91 Å². The lowest BCUT2D eigenvalue weighted by Crippen LogP contribution is -2.30. The van der Waals surface area contributed by atoms with Crippen LogP contribution in [0.3, 0.4) is 0 Å². The number of carbonyl (C=O) groups is 1. The highest BCUT2D eigenvalue weighted by atomic mass is 16.2. The van der Waals surface area contributed by atoms with Crippen LogP contribution in [0, 0.1) is 5.92 Å². The molecule has 1 aromatic rings. The Labute approximate surface area is 103 Å². The topological polar surface area (TPSA) is 46.3 Å². The minimum absolute atomic E-state index is 0.232. The summed E-state index contributed by atoms with van der Waals surface area (Å²) < 4.78 is 0. The highest BCUT2D eigenvalue weighted by Gasteiger charge is 2.23. The molecule has 17 heavy (non-hydrogen) atoms. The van der Waals surface area contributed by atoms with E-state index in [0.29, 0.717) is 18.9 Å². The molecule has 1 heterocycles. The first-order valence-electron chi connectivity index (χ1n) is 6.25. The van der Waals surface area contributed by atoms with Gasteiger partial charge in [-0.2, -0.15) is 0 Å². The quantitative estimate of drug-likeness (QED) is 0.859. The molecule has 0 saturated carbocycles. The van der Waals surface area contributed by atoms with Crippen LogP contribution in [0.4, 0.5) is 0 Å². The number of rotatable bonds is 3. The van der Waals surface area contributed by atoms with Crippen molar-refractivity contribution in [3.8, 4) is 0 Å². The van der Waals surface area contributed by atoms with Crippen LogP contribution < -0.4 is 5.73 Å². The van der Waals surface area contributed by atoms with Crippen molar-refractivity contribution in [1.82, 2.24) is 4.90 Å². The van der Waals surface area contributed by atoms with Crippen LogP contribution in [0.5, 0.6) is 0 Å². The predicted molar refractivity (Wildman–Crippen MR) is 68.4 cm³/mol. The summed E-state index contributed by atoms with van der Waals surface area (Å²) in [6.45, 7) is 4.51. The Hall–Kier alpha value is -1.35. The zero-order valence-corrected chi connectivity index (χ0v) is 10.4. The second-order valence-electron chi connectivity index (χ2n) is 4.88. The van der Waals surface area contributed by atoms with E-state index in [0.717, 1.165) is 30.6 Å². The van der Waals surface area contributed by atoms with E-state index >= 15 is 0 Å². The Balaban J connectivity index is 2.03. The summed E-state index contributed by atoms with van der Waals surface area (Å²) in [5, 5.41) is 0. The third-order valence-corrected chi connectivity index (χ3v) is 3.46. The van der Waals surface area contributed by atoms with Crippen LogP contribution >= 0.6 is 0 Å². The summed E-state index contributed by atoms with van der Waals surface area (Å²) in [6.07, 6.45) is 1.62. The van der Waals surface area contributed by atoms with Gasteiger partial charge in [-0.15, -0.1) is 0 Å². The minimum Gasteiger partial charge on any atom is -0.342 e. The number of hydrogen-bond acceptors (Lipinski definition) is 2. The predicted octanol–water partition coefficient (Wildman–Crippen LogP) is 1.56. The normalized spacial score (nSPS) is 19.6. The summed E-state index contributed by atoms with van der Waals surface area (Å²) in [4.78, 5) is 14.1. The molecule has 0 spiro atoms. The fraction of sp³-hybridized carbons (Fsp3) is 0.500. The smallest absolute Gasteiger partial charge is 0.227 e. The summed E-state index contributed by atoms with van der Waals surface area (Å²) in [6, 6.07) is 7.93. The molecule has 0 aromatic heterocycles. The van der Waals surface area contributed by atoms with Gasteiger partial charge >= 0.3 is 0 Å². The third-order valence-electron chi connectivity index (χ3n) is 3.46. The van der Waals surface area contributed by atoms with E-state index in [9.17, 15) is 4.79 Å². The first-order chi connectivity index (χ1) is 8.20. The maximum Gasteiger partial charge on any atom is 0.227 e. The van der Waals surface area contributed by atoms with Crippen molar-refractivity contribution in [2.45, 2.75) is 26.3 Å². The molecule has 3 nitrogen and oxygen atoms in total. The second kappa shape index (κ2) is 5.32. The SMILES string of the molecule is CC1CCN(C(=O)Cc2ccccc2CN)C1. The number of nitrogens with zero attached hydrogens (tertiary/aromatic N) is 1. The summed E-state index contributed by atoms with van der Waals surface area (Å²) >= 11 is 0. The fourth-order valence-corrected chi connectivity index (χ4v) is 2.37. The van der Waals surface area contributed by atoms with Crippen LogP contribution in [0.1, 0.15) is 24.5 Å². The molecule has 92 valence electrons. The lowest BCUT2D eigenvalue weighted by Gasteiger charge is -2.16. The Kier molecular flexibility index (Phi) is 3.79. The average molecular weight is 232 g/mol. The van der Waals surface area contributed by atoms with Crippen molar-refractivity contribution < 1.29 is 4.79 Å². The maximum absolute atomic E-state index is 12.1. The van der Waals surface area contributed by atoms with Crippen molar-refractivity contribution in [2.24, 2.45) is 11.7 Å². The molecule has 2 rings (SSSR count). The van der Waals surface area contributed by atoms with Gasteiger partial charge in [0.2, 0.25) is 5.91 Å². The monoisotopic (exact) mass is 232 g/mol. The Morgan fingerprint density at radius 2 is 2.12 bits per heavy atom. The average Bonchev–Trinajstić information content (AvgIpc) is 2.77. The van der Waals surface area contributed by atoms with Gasteiger partial charge in [0.15, 0.2) is 0 Å². The molecule has 2 N–H and O–H groups in total. The summed E-state index contributed by atoms with van der Waals surface area (Å²) in [7, 11) is 0. The van der Waals surface area contributed by atoms with Gasteiger partial charge in [0, 0.05) is 19.6 Å². The maximum atomic E-state index is 12.1. The largest absolute Gasteiger partial charge is 0.342 e. The van der Waals surface area contributed by atoms with E-state index in [4.69, 9.17) is 5.73 Å². The molecule has 1 amide bonds. The van der Waals surface area contributed by atoms with Gasteiger partial charge in [-0.1, -0.05) is 31.2 Å². The number of nitrogens with two attached hydrogens (primary N) is 1. The van der Waals surface area contributed by atoms with Crippen molar-refractivity contribution in [2.75, 3.05) is 13.1 Å². The van der Waals surface area contributed by atoms with Gasteiger partial charge in [0.05, 0.1) is 6.42 Å². The zero-order valence-electron chi connectivity index (χ0n) is 10.4. The highest BCUT2D eigenvalue weighted by Crippen LogP contribution is 2.17. The number of hydrogen-bond donors (Lipinski definition) is 1. The third kappa shape index (κ3) is 2.86. The molecule has 1 aromatic carbocycles. The Morgan fingerprint density at radius 3 is 2.71 bits per heavy atom. The minimum atomic E-state index is 0.232. The molecule has 1 fully saturated rings. The van der Waals surface area contributed by atoms with Crippen LogP contribution in [-0.2, 0) is 17.8 Å². The first kappa shape index (κ1) is 12.1. The first-order valence-corrected chi connectivity index (χ1v) is 6.25.